The molecule has 0 saturated carbocycles. The molecule has 7 nitrogen and oxygen atoms in total. The molecule has 26 heavy (non-hydrogen) atoms. The summed E-state index contributed by atoms with van der Waals surface area (Å²) in [6, 6.07) is 5.50. The Labute approximate surface area is 161 Å². The Morgan fingerprint density at radius 1 is 1.27 bits per heavy atom. The molecule has 2 amide bonds. The van der Waals surface area contributed by atoms with E-state index in [1.165, 1.54) is 16.7 Å². The van der Waals surface area contributed by atoms with Gasteiger partial charge in [0, 0.05) is 13.1 Å². The Kier molecular flexibility index (Phi) is 7.40. The van der Waals surface area contributed by atoms with Gasteiger partial charge in [-0.15, -0.1) is 0 Å². The van der Waals surface area contributed by atoms with E-state index in [9.17, 15) is 14.4 Å². The fourth-order valence-electron chi connectivity index (χ4n) is 2.09. The van der Waals surface area contributed by atoms with E-state index in [0.29, 0.717) is 22.4 Å². The van der Waals surface area contributed by atoms with Crippen LogP contribution in [0.1, 0.15) is 11.1 Å². The highest BCUT2D eigenvalue weighted by Gasteiger charge is 2.25. The summed E-state index contributed by atoms with van der Waals surface area (Å²) >= 11 is 6.34. The second-order valence-corrected chi connectivity index (χ2v) is 7.25. The Hall–Kier alpha value is -2.13. The molecule has 140 valence electrons. The van der Waals surface area contributed by atoms with Crippen LogP contribution in [0.5, 0.6) is 5.75 Å². The van der Waals surface area contributed by atoms with Gasteiger partial charge in [0.2, 0.25) is 5.91 Å². The third-order valence-corrected chi connectivity index (χ3v) is 5.13. The number of ether oxygens (including phenoxy) is 2. The second kappa shape index (κ2) is 9.54. The number of aryl methyl sites for hydroxylation is 2. The maximum atomic E-state index is 11.7. The van der Waals surface area contributed by atoms with Gasteiger partial charge in [-0.05, 0) is 37.1 Å². The molecule has 0 aromatic heterocycles. The normalized spacial score (nSPS) is 13.7. The summed E-state index contributed by atoms with van der Waals surface area (Å²) in [7, 11) is 0. The number of amides is 2. The van der Waals surface area contributed by atoms with E-state index in [2.05, 4.69) is 5.32 Å². The van der Waals surface area contributed by atoms with E-state index in [-0.39, 0.29) is 19.1 Å². The first kappa shape index (κ1) is 20.2. The van der Waals surface area contributed by atoms with E-state index in [4.69, 9.17) is 21.7 Å². The van der Waals surface area contributed by atoms with Crippen LogP contribution in [0.4, 0.5) is 0 Å². The molecule has 1 aliphatic heterocycles. The summed E-state index contributed by atoms with van der Waals surface area (Å²) in [5, 5.41) is 2.57. The number of thioether (sulfide) groups is 1. The lowest BCUT2D eigenvalue weighted by molar-refractivity contribution is -0.150. The number of nitrogens with zero attached hydrogens (tertiary/aromatic N) is 1. The van der Waals surface area contributed by atoms with E-state index < -0.39 is 18.5 Å². The topological polar surface area (TPSA) is 84.9 Å². The van der Waals surface area contributed by atoms with Crippen LogP contribution in [0.3, 0.4) is 0 Å². The zero-order chi connectivity index (χ0) is 19.1. The van der Waals surface area contributed by atoms with Crippen LogP contribution in [0.15, 0.2) is 18.2 Å². The molecule has 0 radical (unpaired) electrons. The van der Waals surface area contributed by atoms with Gasteiger partial charge in [0.15, 0.2) is 13.2 Å². The molecule has 1 aromatic rings. The van der Waals surface area contributed by atoms with Gasteiger partial charge < -0.3 is 14.8 Å². The zero-order valence-electron chi connectivity index (χ0n) is 14.6. The predicted molar refractivity (Wildman–Crippen MR) is 102 cm³/mol. The molecule has 1 N–H and O–H groups in total. The molecule has 1 aromatic carbocycles. The van der Waals surface area contributed by atoms with E-state index >= 15 is 0 Å². The smallest absolute Gasteiger partial charge is 0.344 e. The summed E-state index contributed by atoms with van der Waals surface area (Å²) in [4.78, 5) is 36.3. The molecule has 2 rings (SSSR count). The van der Waals surface area contributed by atoms with Crippen LogP contribution in [-0.4, -0.2) is 59.1 Å². The SMILES string of the molecule is Cc1ccc(OCC(=O)OCC(=O)NCCN2C(=O)CSC2=S)cc1C. The molecule has 1 aliphatic rings. The lowest BCUT2D eigenvalue weighted by atomic mass is 10.1. The first-order chi connectivity index (χ1) is 12.4. The maximum absolute atomic E-state index is 11.7. The Bertz CT molecular complexity index is 707. The number of benzene rings is 1. The average Bonchev–Trinajstić information content (AvgIpc) is 2.93. The second-order valence-electron chi connectivity index (χ2n) is 5.65. The Morgan fingerprint density at radius 2 is 2.04 bits per heavy atom. The monoisotopic (exact) mass is 396 g/mol. The Balaban J connectivity index is 1.62. The van der Waals surface area contributed by atoms with Crippen LogP contribution in [0.2, 0.25) is 0 Å². The summed E-state index contributed by atoms with van der Waals surface area (Å²) in [5.74, 6) is -0.242. The van der Waals surface area contributed by atoms with Gasteiger partial charge >= 0.3 is 5.97 Å². The van der Waals surface area contributed by atoms with E-state index in [1.807, 2.05) is 26.0 Å². The standard InChI is InChI=1S/C17H20N2O5S2/c1-11-3-4-13(7-12(11)2)23-9-16(22)24-8-14(20)18-5-6-19-15(21)10-26-17(19)25/h3-4,7H,5-6,8-10H2,1-2H3,(H,18,20). The van der Waals surface area contributed by atoms with Crippen LogP contribution in [-0.2, 0) is 19.1 Å². The van der Waals surface area contributed by atoms with Crippen molar-refractivity contribution in [1.82, 2.24) is 10.2 Å². The number of nitrogens with one attached hydrogen (secondary N) is 1. The molecule has 1 fully saturated rings. The van der Waals surface area contributed by atoms with Crippen molar-refractivity contribution in [2.45, 2.75) is 13.8 Å². The van der Waals surface area contributed by atoms with Crippen molar-refractivity contribution in [2.24, 2.45) is 0 Å². The minimum Gasteiger partial charge on any atom is -0.482 e. The summed E-state index contributed by atoms with van der Waals surface area (Å²) in [5.41, 5.74) is 2.19. The number of hydrogen-bond donors (Lipinski definition) is 1. The van der Waals surface area contributed by atoms with Gasteiger partial charge in [-0.3, -0.25) is 14.5 Å². The van der Waals surface area contributed by atoms with Crippen molar-refractivity contribution in [3.05, 3.63) is 29.3 Å². The minimum absolute atomic E-state index is 0.0656. The largest absolute Gasteiger partial charge is 0.482 e. The van der Waals surface area contributed by atoms with Crippen LogP contribution >= 0.6 is 24.0 Å². The molecule has 0 bridgehead atoms. The highest BCUT2D eigenvalue weighted by atomic mass is 32.2. The molecule has 1 heterocycles. The van der Waals surface area contributed by atoms with Gasteiger partial charge in [0.05, 0.1) is 5.75 Å². The number of carbonyl (C=O) groups excluding carboxylic acids is 3. The maximum Gasteiger partial charge on any atom is 0.344 e. The van der Waals surface area contributed by atoms with Crippen LogP contribution in [0.25, 0.3) is 0 Å². The third-order valence-electron chi connectivity index (χ3n) is 3.70. The predicted octanol–water partition coefficient (Wildman–Crippen LogP) is 1.20. The van der Waals surface area contributed by atoms with Gasteiger partial charge in [0.1, 0.15) is 10.1 Å². The lowest BCUT2D eigenvalue weighted by Gasteiger charge is -2.15. The van der Waals surface area contributed by atoms with Gasteiger partial charge in [-0.1, -0.05) is 30.0 Å². The number of rotatable bonds is 8. The lowest BCUT2D eigenvalue weighted by Crippen LogP contribution is -2.38. The fourth-order valence-corrected chi connectivity index (χ4v) is 3.21. The van der Waals surface area contributed by atoms with Gasteiger partial charge in [-0.25, -0.2) is 4.79 Å². The molecule has 1 saturated heterocycles. The fraction of sp³-hybridized carbons (Fsp3) is 0.412. The molecular formula is C17H20N2O5S2. The summed E-state index contributed by atoms with van der Waals surface area (Å²) in [6.07, 6.45) is 0. The quantitative estimate of drug-likeness (QED) is 0.522. The molecule has 0 atom stereocenters. The molecule has 0 unspecified atom stereocenters. The minimum atomic E-state index is -0.634. The highest BCUT2D eigenvalue weighted by molar-refractivity contribution is 8.23. The van der Waals surface area contributed by atoms with Crippen molar-refractivity contribution < 1.29 is 23.9 Å². The van der Waals surface area contributed by atoms with Crippen LogP contribution in [0, 0.1) is 13.8 Å². The number of esters is 1. The highest BCUT2D eigenvalue weighted by Crippen LogP contribution is 2.18. The summed E-state index contributed by atoms with van der Waals surface area (Å²) in [6.45, 7) is 3.80. The first-order valence-corrected chi connectivity index (χ1v) is 9.35. The van der Waals surface area contributed by atoms with Crippen LogP contribution < -0.4 is 10.1 Å². The van der Waals surface area contributed by atoms with Crippen molar-refractivity contribution in [3.63, 3.8) is 0 Å². The van der Waals surface area contributed by atoms with Gasteiger partial charge in [0.25, 0.3) is 5.91 Å². The Morgan fingerprint density at radius 3 is 2.69 bits per heavy atom. The zero-order valence-corrected chi connectivity index (χ0v) is 16.2. The number of carbonyl (C=O) groups is 3. The molecule has 0 aliphatic carbocycles. The molecular weight excluding hydrogens is 376 g/mol. The average molecular weight is 396 g/mol. The molecule has 9 heteroatoms. The van der Waals surface area contributed by atoms with Crippen molar-refractivity contribution in [3.8, 4) is 5.75 Å². The van der Waals surface area contributed by atoms with Crippen molar-refractivity contribution in [2.75, 3.05) is 32.1 Å². The van der Waals surface area contributed by atoms with Crippen molar-refractivity contribution >= 4 is 46.1 Å². The van der Waals surface area contributed by atoms with Gasteiger partial charge in [-0.2, -0.15) is 0 Å². The number of hydrogen-bond acceptors (Lipinski definition) is 7. The number of thiocarbonyl (C=S) groups is 1. The van der Waals surface area contributed by atoms with E-state index in [1.54, 1.807) is 6.07 Å². The summed E-state index contributed by atoms with van der Waals surface area (Å²) < 4.78 is 10.7. The molecule has 0 spiro atoms. The third kappa shape index (κ3) is 5.99. The first-order valence-electron chi connectivity index (χ1n) is 7.96. The van der Waals surface area contributed by atoms with E-state index in [0.717, 1.165) is 11.1 Å². The van der Waals surface area contributed by atoms with Crippen molar-refractivity contribution in [1.29, 1.82) is 0 Å².